The summed E-state index contributed by atoms with van der Waals surface area (Å²) in [5.41, 5.74) is -0.972. The number of hydrogen-bond donors (Lipinski definition) is 1. The molecule has 0 bridgehead atoms. The van der Waals surface area contributed by atoms with Crippen LogP contribution in [0.25, 0.3) is 21.8 Å². The molecule has 0 spiro atoms. The van der Waals surface area contributed by atoms with E-state index in [0.29, 0.717) is 49.0 Å². The Balaban J connectivity index is 1.57. The Morgan fingerprint density at radius 2 is 1.76 bits per heavy atom. The Morgan fingerprint density at radius 3 is 2.39 bits per heavy atom. The first-order valence-electron chi connectivity index (χ1n) is 10.8. The van der Waals surface area contributed by atoms with Crippen LogP contribution in [0.3, 0.4) is 0 Å². The van der Waals surface area contributed by atoms with Gasteiger partial charge < -0.3 is 19.3 Å². The second kappa shape index (κ2) is 8.40. The van der Waals surface area contributed by atoms with E-state index in [0.717, 1.165) is 6.20 Å². The first-order valence-corrected chi connectivity index (χ1v) is 10.8. The SMILES string of the molecule is CC(C)(C)OC(=O)N1CCN(CCn2c3cc(O)ccc3c3ccnc(C(F)(F)F)c32)CC1. The number of hydrogen-bond acceptors (Lipinski definition) is 5. The summed E-state index contributed by atoms with van der Waals surface area (Å²) in [7, 11) is 0. The van der Waals surface area contributed by atoms with Crippen LogP contribution in [0.5, 0.6) is 5.75 Å². The summed E-state index contributed by atoms with van der Waals surface area (Å²) in [5, 5.41) is 11.1. The van der Waals surface area contributed by atoms with Crippen molar-refractivity contribution in [1.82, 2.24) is 19.4 Å². The number of fused-ring (bicyclic) bond motifs is 3. The fourth-order valence-electron chi connectivity index (χ4n) is 4.20. The monoisotopic (exact) mass is 464 g/mol. The predicted molar refractivity (Wildman–Crippen MR) is 118 cm³/mol. The van der Waals surface area contributed by atoms with Gasteiger partial charge in [-0.25, -0.2) is 9.78 Å². The minimum atomic E-state index is -4.60. The lowest BCUT2D eigenvalue weighted by Crippen LogP contribution is -2.50. The quantitative estimate of drug-likeness (QED) is 0.620. The summed E-state index contributed by atoms with van der Waals surface area (Å²) in [5.74, 6) is -0.0148. The van der Waals surface area contributed by atoms with E-state index in [-0.39, 0.29) is 23.9 Å². The summed E-state index contributed by atoms with van der Waals surface area (Å²) in [6, 6.07) is 6.15. The number of pyridine rings is 1. The second-order valence-electron chi connectivity index (χ2n) is 9.22. The van der Waals surface area contributed by atoms with Gasteiger partial charge in [0.15, 0.2) is 5.69 Å². The zero-order valence-corrected chi connectivity index (χ0v) is 18.8. The molecule has 3 heterocycles. The van der Waals surface area contributed by atoms with Crippen LogP contribution in [0.1, 0.15) is 26.5 Å². The number of amides is 1. The third-order valence-electron chi connectivity index (χ3n) is 5.69. The molecule has 1 fully saturated rings. The first kappa shape index (κ1) is 23.2. The number of piperazine rings is 1. The Bertz CT molecular complexity index is 1180. The van der Waals surface area contributed by atoms with Gasteiger partial charge in [-0.3, -0.25) is 4.90 Å². The molecule has 10 heteroatoms. The number of phenols is 1. The minimum absolute atomic E-state index is 0.0120. The maximum absolute atomic E-state index is 13.8. The molecule has 4 rings (SSSR count). The van der Waals surface area contributed by atoms with Crippen LogP contribution < -0.4 is 0 Å². The van der Waals surface area contributed by atoms with E-state index in [9.17, 15) is 23.1 Å². The molecule has 178 valence electrons. The Morgan fingerprint density at radius 1 is 1.06 bits per heavy atom. The predicted octanol–water partition coefficient (Wildman–Crippen LogP) is 4.47. The summed E-state index contributed by atoms with van der Waals surface area (Å²) in [6.45, 7) is 8.36. The molecule has 0 atom stereocenters. The zero-order chi connectivity index (χ0) is 24.0. The molecular weight excluding hydrogens is 437 g/mol. The third-order valence-corrected chi connectivity index (χ3v) is 5.69. The fraction of sp³-hybridized carbons (Fsp3) is 0.478. The van der Waals surface area contributed by atoms with Crippen LogP contribution in [-0.4, -0.2) is 68.9 Å². The molecule has 1 N–H and O–H groups in total. The summed E-state index contributed by atoms with van der Waals surface area (Å²) in [4.78, 5) is 19.6. The highest BCUT2D eigenvalue weighted by molar-refractivity contribution is 6.09. The highest BCUT2D eigenvalue weighted by Gasteiger charge is 2.36. The minimum Gasteiger partial charge on any atom is -0.508 e. The molecule has 0 unspecified atom stereocenters. The maximum atomic E-state index is 13.8. The number of alkyl halides is 3. The average Bonchev–Trinajstić information content (AvgIpc) is 3.03. The average molecular weight is 464 g/mol. The number of carbonyl (C=O) groups excluding carboxylic acids is 1. The van der Waals surface area contributed by atoms with E-state index >= 15 is 0 Å². The van der Waals surface area contributed by atoms with E-state index < -0.39 is 17.5 Å². The Kier molecular flexibility index (Phi) is 5.90. The number of aromatic nitrogens is 2. The second-order valence-corrected chi connectivity index (χ2v) is 9.22. The molecule has 33 heavy (non-hydrogen) atoms. The largest absolute Gasteiger partial charge is 0.508 e. The number of aromatic hydroxyl groups is 1. The van der Waals surface area contributed by atoms with E-state index in [1.807, 2.05) is 20.8 Å². The van der Waals surface area contributed by atoms with Gasteiger partial charge in [0.25, 0.3) is 0 Å². The molecule has 1 aromatic carbocycles. The fourth-order valence-corrected chi connectivity index (χ4v) is 4.20. The van der Waals surface area contributed by atoms with E-state index in [1.165, 1.54) is 12.1 Å². The topological polar surface area (TPSA) is 70.8 Å². The van der Waals surface area contributed by atoms with E-state index in [4.69, 9.17) is 4.74 Å². The molecule has 0 aliphatic carbocycles. The van der Waals surface area contributed by atoms with Crippen molar-refractivity contribution in [3.05, 3.63) is 36.2 Å². The van der Waals surface area contributed by atoms with Crippen LogP contribution in [0.4, 0.5) is 18.0 Å². The van der Waals surface area contributed by atoms with Gasteiger partial charge in [-0.05, 0) is 39.0 Å². The smallest absolute Gasteiger partial charge is 0.435 e. The standard InChI is InChI=1S/C23H27F3N4O3/c1-22(2,3)33-21(32)29-11-8-28(9-12-29)10-13-30-18-14-15(31)4-5-16(18)17-6-7-27-20(19(17)30)23(24,25)26/h4-7,14,31H,8-13H2,1-3H3. The van der Waals surface area contributed by atoms with Crippen molar-refractivity contribution in [2.75, 3.05) is 32.7 Å². The van der Waals surface area contributed by atoms with Crippen molar-refractivity contribution in [1.29, 1.82) is 0 Å². The molecule has 7 nitrogen and oxygen atoms in total. The van der Waals surface area contributed by atoms with Crippen LogP contribution in [0.15, 0.2) is 30.5 Å². The number of phenolic OH excluding ortho intramolecular Hbond substituents is 1. The van der Waals surface area contributed by atoms with Crippen molar-refractivity contribution in [3.8, 4) is 5.75 Å². The van der Waals surface area contributed by atoms with Gasteiger partial charge in [0.2, 0.25) is 0 Å². The van der Waals surface area contributed by atoms with Crippen molar-refractivity contribution in [3.63, 3.8) is 0 Å². The van der Waals surface area contributed by atoms with E-state index in [2.05, 4.69) is 9.88 Å². The van der Waals surface area contributed by atoms with Gasteiger partial charge >= 0.3 is 12.3 Å². The van der Waals surface area contributed by atoms with E-state index in [1.54, 1.807) is 21.6 Å². The number of nitrogens with zero attached hydrogens (tertiary/aromatic N) is 4. The molecule has 0 saturated carbocycles. The molecule has 3 aromatic rings. The summed E-state index contributed by atoms with van der Waals surface area (Å²) >= 11 is 0. The molecule has 1 saturated heterocycles. The number of benzene rings is 1. The molecule has 1 aliphatic heterocycles. The van der Waals surface area contributed by atoms with Crippen LogP contribution in [0, 0.1) is 0 Å². The Labute approximate surface area is 189 Å². The molecule has 2 aromatic heterocycles. The van der Waals surface area contributed by atoms with Gasteiger partial charge in [-0.2, -0.15) is 13.2 Å². The molecule has 0 radical (unpaired) electrons. The lowest BCUT2D eigenvalue weighted by atomic mass is 10.1. The van der Waals surface area contributed by atoms with Crippen molar-refractivity contribution < 1.29 is 27.8 Å². The van der Waals surface area contributed by atoms with Crippen molar-refractivity contribution in [2.45, 2.75) is 39.1 Å². The highest BCUT2D eigenvalue weighted by Crippen LogP contribution is 2.38. The van der Waals surface area contributed by atoms with Crippen molar-refractivity contribution >= 4 is 27.9 Å². The number of ether oxygens (including phenoxy) is 1. The van der Waals surface area contributed by atoms with Crippen molar-refractivity contribution in [2.24, 2.45) is 0 Å². The zero-order valence-electron chi connectivity index (χ0n) is 18.8. The highest BCUT2D eigenvalue weighted by atomic mass is 19.4. The third kappa shape index (κ3) is 4.85. The molecular formula is C23H27F3N4O3. The van der Waals surface area contributed by atoms with Gasteiger partial charge in [0.05, 0.1) is 11.0 Å². The van der Waals surface area contributed by atoms with Gasteiger partial charge in [0, 0.05) is 62.3 Å². The van der Waals surface area contributed by atoms with Gasteiger partial charge in [0.1, 0.15) is 11.4 Å². The lowest BCUT2D eigenvalue weighted by molar-refractivity contribution is -0.140. The van der Waals surface area contributed by atoms with Crippen LogP contribution in [0.2, 0.25) is 0 Å². The number of halogens is 3. The van der Waals surface area contributed by atoms with Gasteiger partial charge in [-0.1, -0.05) is 0 Å². The normalized spacial score (nSPS) is 16.0. The molecule has 1 aliphatic rings. The first-order chi connectivity index (χ1) is 15.4. The maximum Gasteiger partial charge on any atom is 0.435 e. The number of rotatable bonds is 3. The Hall–Kier alpha value is -3.01. The van der Waals surface area contributed by atoms with Crippen LogP contribution in [-0.2, 0) is 17.5 Å². The number of carbonyl (C=O) groups is 1. The van der Waals surface area contributed by atoms with Gasteiger partial charge in [-0.15, -0.1) is 0 Å². The molecule has 1 amide bonds. The lowest BCUT2D eigenvalue weighted by Gasteiger charge is -2.35. The summed E-state index contributed by atoms with van der Waals surface area (Å²) in [6.07, 6.45) is -3.80. The van der Waals surface area contributed by atoms with Crippen LogP contribution >= 0.6 is 0 Å². The summed E-state index contributed by atoms with van der Waals surface area (Å²) < 4.78 is 48.2.